The Balaban J connectivity index is 1.81. The number of hydrogen-bond donors (Lipinski definition) is 0. The molecule has 0 aliphatic rings. The van der Waals surface area contributed by atoms with Gasteiger partial charge in [0.25, 0.3) is 5.69 Å². The summed E-state index contributed by atoms with van der Waals surface area (Å²) in [6.45, 7) is -0.145. The smallest absolute Gasteiger partial charge is 0.338 e. The molecule has 4 aromatic carbocycles. The number of esters is 1. The fourth-order valence-electron chi connectivity index (χ4n) is 4.16. The molecule has 35 heavy (non-hydrogen) atoms. The van der Waals surface area contributed by atoms with Crippen molar-refractivity contribution < 1.29 is 24.4 Å². The van der Waals surface area contributed by atoms with Crippen LogP contribution in [0.25, 0.3) is 0 Å². The maximum Gasteiger partial charge on any atom is 0.338 e. The van der Waals surface area contributed by atoms with Gasteiger partial charge in [0.15, 0.2) is 0 Å². The van der Waals surface area contributed by atoms with Crippen LogP contribution in [0.2, 0.25) is 0 Å². The number of ether oxygens (including phenoxy) is 1. The van der Waals surface area contributed by atoms with Crippen LogP contribution in [-0.4, -0.2) is 23.5 Å². The third kappa shape index (κ3) is 4.65. The van der Waals surface area contributed by atoms with Gasteiger partial charge < -0.3 is 14.6 Å². The van der Waals surface area contributed by atoms with Gasteiger partial charge in [0.1, 0.15) is 6.61 Å². The fourth-order valence-corrected chi connectivity index (χ4v) is 4.16. The molecule has 0 spiro atoms. The van der Waals surface area contributed by atoms with Crippen LogP contribution in [0.4, 0.5) is 5.69 Å². The average molecular weight is 466 g/mol. The van der Waals surface area contributed by atoms with E-state index < -0.39 is 33.5 Å². The highest BCUT2D eigenvalue weighted by atomic mass is 16.6. The maximum atomic E-state index is 13.1. The zero-order valence-electron chi connectivity index (χ0n) is 18.5. The molecule has 4 aromatic rings. The summed E-state index contributed by atoms with van der Waals surface area (Å²) in [6, 6.07) is 31.6. The summed E-state index contributed by atoms with van der Waals surface area (Å²) in [5, 5.41) is 22.7. The molecule has 0 aliphatic heterocycles. The molecule has 0 saturated carbocycles. The van der Waals surface area contributed by atoms with Crippen LogP contribution in [0.3, 0.4) is 0 Å². The minimum Gasteiger partial charge on any atom is -0.545 e. The lowest BCUT2D eigenvalue weighted by Crippen LogP contribution is -2.36. The SMILES string of the molecule is O=C([O-])c1cc([N+](=O)[O-])ccc1C(=O)OCC(c1ccccc1)(c1ccccc1)c1ccccc1. The summed E-state index contributed by atoms with van der Waals surface area (Å²) in [5.74, 6) is -2.63. The van der Waals surface area contributed by atoms with E-state index in [0.717, 1.165) is 34.9 Å². The first kappa shape index (κ1) is 23.4. The van der Waals surface area contributed by atoms with Crippen molar-refractivity contribution >= 4 is 17.6 Å². The third-order valence-electron chi connectivity index (χ3n) is 5.87. The number of benzene rings is 4. The first-order valence-corrected chi connectivity index (χ1v) is 10.8. The monoisotopic (exact) mass is 466 g/mol. The largest absolute Gasteiger partial charge is 0.545 e. The van der Waals surface area contributed by atoms with Crippen LogP contribution < -0.4 is 5.11 Å². The van der Waals surface area contributed by atoms with Gasteiger partial charge in [0.05, 0.1) is 21.9 Å². The van der Waals surface area contributed by atoms with Crippen LogP contribution >= 0.6 is 0 Å². The summed E-state index contributed by atoms with van der Waals surface area (Å²) in [4.78, 5) is 35.1. The standard InChI is InChI=1S/C28H21NO6/c30-26(31)25-18-23(29(33)34)16-17-24(25)27(32)35-19-28(20-10-4-1-5-11-20,21-12-6-2-7-13-21)22-14-8-3-9-15-22/h1-18H,19H2,(H,30,31)/p-1. The molecule has 0 amide bonds. The summed E-state index contributed by atoms with van der Waals surface area (Å²) >= 11 is 0. The number of rotatable bonds is 8. The van der Waals surface area contributed by atoms with Crippen molar-refractivity contribution in [2.24, 2.45) is 0 Å². The van der Waals surface area contributed by atoms with E-state index in [1.165, 1.54) is 0 Å². The zero-order chi connectivity index (χ0) is 24.8. The lowest BCUT2D eigenvalue weighted by molar-refractivity contribution is -0.385. The Morgan fingerprint density at radius 1 is 0.714 bits per heavy atom. The van der Waals surface area contributed by atoms with Gasteiger partial charge in [0, 0.05) is 17.7 Å². The number of carboxylic acid groups (broad SMARTS) is 1. The number of carbonyl (C=O) groups is 2. The second-order valence-electron chi connectivity index (χ2n) is 7.85. The van der Waals surface area contributed by atoms with Gasteiger partial charge in [-0.05, 0) is 22.8 Å². The van der Waals surface area contributed by atoms with Crippen molar-refractivity contribution in [3.8, 4) is 0 Å². The van der Waals surface area contributed by atoms with Gasteiger partial charge in [-0.2, -0.15) is 0 Å². The molecule has 0 unspecified atom stereocenters. The number of nitro benzene ring substituents is 1. The summed E-state index contributed by atoms with van der Waals surface area (Å²) < 4.78 is 5.75. The van der Waals surface area contributed by atoms with Crippen LogP contribution in [0, 0.1) is 10.1 Å². The number of nitro groups is 1. The second-order valence-corrected chi connectivity index (χ2v) is 7.85. The topological polar surface area (TPSA) is 110 Å². The number of non-ortho nitro benzene ring substituents is 1. The highest BCUT2D eigenvalue weighted by Crippen LogP contribution is 2.39. The molecule has 7 nitrogen and oxygen atoms in total. The zero-order valence-corrected chi connectivity index (χ0v) is 18.5. The first-order chi connectivity index (χ1) is 16.9. The lowest BCUT2D eigenvalue weighted by atomic mass is 9.70. The van der Waals surface area contributed by atoms with Crippen LogP contribution in [-0.2, 0) is 10.2 Å². The van der Waals surface area contributed by atoms with Crippen molar-refractivity contribution in [2.75, 3.05) is 6.61 Å². The van der Waals surface area contributed by atoms with E-state index >= 15 is 0 Å². The first-order valence-electron chi connectivity index (χ1n) is 10.8. The van der Waals surface area contributed by atoms with E-state index in [1.807, 2.05) is 91.0 Å². The summed E-state index contributed by atoms with van der Waals surface area (Å²) in [5.41, 5.74) is 0.319. The van der Waals surface area contributed by atoms with Gasteiger partial charge in [-0.25, -0.2) is 4.79 Å². The predicted molar refractivity (Wildman–Crippen MR) is 127 cm³/mol. The van der Waals surface area contributed by atoms with Crippen molar-refractivity contribution in [3.63, 3.8) is 0 Å². The minimum absolute atomic E-state index is 0.145. The Kier molecular flexibility index (Phi) is 6.69. The van der Waals surface area contributed by atoms with E-state index in [2.05, 4.69) is 0 Å². The highest BCUT2D eigenvalue weighted by molar-refractivity contribution is 6.02. The lowest BCUT2D eigenvalue weighted by Gasteiger charge is -2.35. The predicted octanol–water partition coefficient (Wildman–Crippen LogP) is 4.15. The normalized spacial score (nSPS) is 11.0. The van der Waals surface area contributed by atoms with Gasteiger partial charge in [0.2, 0.25) is 0 Å². The Bertz CT molecular complexity index is 1260. The van der Waals surface area contributed by atoms with E-state index in [9.17, 15) is 24.8 Å². The molecule has 0 aromatic heterocycles. The molecule has 7 heteroatoms. The van der Waals surface area contributed by atoms with Crippen molar-refractivity contribution in [1.82, 2.24) is 0 Å². The van der Waals surface area contributed by atoms with E-state index in [0.29, 0.717) is 0 Å². The molecule has 0 bridgehead atoms. The summed E-state index contributed by atoms with van der Waals surface area (Å²) in [7, 11) is 0. The average Bonchev–Trinajstić information content (AvgIpc) is 2.90. The highest BCUT2D eigenvalue weighted by Gasteiger charge is 2.38. The minimum atomic E-state index is -1.71. The molecular weight excluding hydrogens is 446 g/mol. The van der Waals surface area contributed by atoms with E-state index in [4.69, 9.17) is 4.74 Å². The van der Waals surface area contributed by atoms with E-state index in [-0.39, 0.29) is 12.2 Å². The molecule has 0 radical (unpaired) electrons. The van der Waals surface area contributed by atoms with Crippen LogP contribution in [0.5, 0.6) is 0 Å². The number of nitrogens with zero attached hydrogens (tertiary/aromatic N) is 1. The molecule has 0 N–H and O–H groups in total. The Morgan fingerprint density at radius 3 is 1.57 bits per heavy atom. The number of aromatic carboxylic acids is 1. The van der Waals surface area contributed by atoms with Gasteiger partial charge in [-0.3, -0.25) is 10.1 Å². The van der Waals surface area contributed by atoms with Crippen molar-refractivity contribution in [3.05, 3.63) is 147 Å². The van der Waals surface area contributed by atoms with Gasteiger partial charge in [-0.1, -0.05) is 91.0 Å². The fraction of sp³-hybridized carbons (Fsp3) is 0.0714. The van der Waals surface area contributed by atoms with Crippen LogP contribution in [0.1, 0.15) is 37.4 Å². The maximum absolute atomic E-state index is 13.1. The van der Waals surface area contributed by atoms with Gasteiger partial charge >= 0.3 is 5.97 Å². The second kappa shape index (κ2) is 10.0. The van der Waals surface area contributed by atoms with E-state index in [1.54, 1.807) is 0 Å². The Morgan fingerprint density at radius 2 is 1.17 bits per heavy atom. The van der Waals surface area contributed by atoms with Gasteiger partial charge in [-0.15, -0.1) is 0 Å². The third-order valence-corrected chi connectivity index (χ3v) is 5.87. The number of carboxylic acids is 1. The molecule has 0 saturated heterocycles. The molecule has 0 fully saturated rings. The molecule has 0 aliphatic carbocycles. The molecule has 0 atom stereocenters. The Labute approximate surface area is 201 Å². The molecule has 0 heterocycles. The molecular formula is C28H20NO6-. The van der Waals surface area contributed by atoms with Crippen molar-refractivity contribution in [2.45, 2.75) is 5.41 Å². The summed E-state index contributed by atoms with van der Waals surface area (Å²) in [6.07, 6.45) is 0. The molecule has 4 rings (SSSR count). The number of carbonyl (C=O) groups excluding carboxylic acids is 2. The van der Waals surface area contributed by atoms with Crippen molar-refractivity contribution in [1.29, 1.82) is 0 Å². The number of hydrogen-bond acceptors (Lipinski definition) is 6. The molecule has 174 valence electrons. The van der Waals surface area contributed by atoms with Crippen LogP contribution in [0.15, 0.2) is 109 Å². The quantitative estimate of drug-likeness (QED) is 0.167. The Hall–Kier alpha value is -4.78.